The van der Waals surface area contributed by atoms with Crippen LogP contribution in [0.1, 0.15) is 22.7 Å². The van der Waals surface area contributed by atoms with E-state index in [2.05, 4.69) is 28.9 Å². The van der Waals surface area contributed by atoms with Crippen LogP contribution >= 0.6 is 27.5 Å². The molecule has 1 unspecified atom stereocenters. The van der Waals surface area contributed by atoms with Gasteiger partial charge in [-0.3, -0.25) is 0 Å². The van der Waals surface area contributed by atoms with Crippen molar-refractivity contribution in [2.24, 2.45) is 5.73 Å². The standard InChI is InChI=1S/C14H13BrClN/c1-9-8-11(4-7-13(9)15)14(17)10-2-5-12(16)6-3-10/h2-8,14H,17H2,1H3. The van der Waals surface area contributed by atoms with Crippen molar-refractivity contribution in [2.75, 3.05) is 0 Å². The molecule has 17 heavy (non-hydrogen) atoms. The van der Waals surface area contributed by atoms with Gasteiger partial charge in [0.15, 0.2) is 0 Å². The zero-order chi connectivity index (χ0) is 12.4. The summed E-state index contributed by atoms with van der Waals surface area (Å²) in [7, 11) is 0. The number of hydrogen-bond acceptors (Lipinski definition) is 1. The molecule has 88 valence electrons. The minimum Gasteiger partial charge on any atom is -0.320 e. The highest BCUT2D eigenvalue weighted by atomic mass is 79.9. The lowest BCUT2D eigenvalue weighted by Gasteiger charge is -2.14. The van der Waals surface area contributed by atoms with E-state index in [1.807, 2.05) is 36.4 Å². The molecule has 3 heteroatoms. The monoisotopic (exact) mass is 309 g/mol. The zero-order valence-electron chi connectivity index (χ0n) is 9.45. The van der Waals surface area contributed by atoms with Crippen molar-refractivity contribution >= 4 is 27.5 Å². The maximum Gasteiger partial charge on any atom is 0.0551 e. The molecule has 0 aliphatic carbocycles. The summed E-state index contributed by atoms with van der Waals surface area (Å²) in [6.07, 6.45) is 0. The molecule has 0 radical (unpaired) electrons. The van der Waals surface area contributed by atoms with Gasteiger partial charge in [-0.25, -0.2) is 0 Å². The first-order valence-corrected chi connectivity index (χ1v) is 6.52. The van der Waals surface area contributed by atoms with Crippen molar-refractivity contribution in [1.82, 2.24) is 0 Å². The molecule has 0 fully saturated rings. The number of nitrogens with two attached hydrogens (primary N) is 1. The van der Waals surface area contributed by atoms with Gasteiger partial charge in [0, 0.05) is 9.50 Å². The lowest BCUT2D eigenvalue weighted by Crippen LogP contribution is -2.11. The Morgan fingerprint density at radius 3 is 2.24 bits per heavy atom. The van der Waals surface area contributed by atoms with Crippen LogP contribution in [0.5, 0.6) is 0 Å². The fraction of sp³-hybridized carbons (Fsp3) is 0.143. The quantitative estimate of drug-likeness (QED) is 0.871. The van der Waals surface area contributed by atoms with E-state index in [1.165, 1.54) is 5.56 Å². The van der Waals surface area contributed by atoms with Gasteiger partial charge in [0.05, 0.1) is 6.04 Å². The van der Waals surface area contributed by atoms with Crippen molar-refractivity contribution < 1.29 is 0 Å². The second kappa shape index (κ2) is 5.21. The first-order valence-electron chi connectivity index (χ1n) is 5.35. The predicted octanol–water partition coefficient (Wildman–Crippen LogP) is 4.46. The van der Waals surface area contributed by atoms with E-state index in [4.69, 9.17) is 17.3 Å². The van der Waals surface area contributed by atoms with Gasteiger partial charge in [-0.1, -0.05) is 51.8 Å². The summed E-state index contributed by atoms with van der Waals surface area (Å²) in [6, 6.07) is 13.7. The number of aryl methyl sites for hydroxylation is 1. The molecule has 0 aliphatic rings. The number of benzene rings is 2. The highest BCUT2D eigenvalue weighted by molar-refractivity contribution is 9.10. The molecular weight excluding hydrogens is 298 g/mol. The van der Waals surface area contributed by atoms with Crippen molar-refractivity contribution in [1.29, 1.82) is 0 Å². The van der Waals surface area contributed by atoms with Crippen LogP contribution in [0.4, 0.5) is 0 Å². The lowest BCUT2D eigenvalue weighted by molar-refractivity contribution is 0.869. The Hall–Kier alpha value is -0.830. The summed E-state index contributed by atoms with van der Waals surface area (Å²) >= 11 is 9.35. The molecule has 0 aromatic heterocycles. The molecule has 0 spiro atoms. The van der Waals surface area contributed by atoms with E-state index in [-0.39, 0.29) is 6.04 Å². The average molecular weight is 311 g/mol. The van der Waals surface area contributed by atoms with Crippen LogP contribution in [0, 0.1) is 6.92 Å². The van der Waals surface area contributed by atoms with E-state index in [0.717, 1.165) is 20.6 Å². The number of halogens is 2. The van der Waals surface area contributed by atoms with Crippen molar-refractivity contribution in [3.05, 3.63) is 68.7 Å². The number of hydrogen-bond donors (Lipinski definition) is 1. The Kier molecular flexibility index (Phi) is 3.87. The highest BCUT2D eigenvalue weighted by Gasteiger charge is 2.09. The van der Waals surface area contributed by atoms with Gasteiger partial charge in [-0.15, -0.1) is 0 Å². The highest BCUT2D eigenvalue weighted by Crippen LogP contribution is 2.25. The van der Waals surface area contributed by atoms with Gasteiger partial charge in [-0.2, -0.15) is 0 Å². The van der Waals surface area contributed by atoms with Gasteiger partial charge in [0.1, 0.15) is 0 Å². The third-order valence-corrected chi connectivity index (χ3v) is 3.91. The smallest absolute Gasteiger partial charge is 0.0551 e. The Balaban J connectivity index is 2.33. The Labute approximate surface area is 115 Å². The molecule has 0 aliphatic heterocycles. The van der Waals surface area contributed by atoms with E-state index < -0.39 is 0 Å². The summed E-state index contributed by atoms with van der Waals surface area (Å²) in [6.45, 7) is 2.06. The van der Waals surface area contributed by atoms with Crippen LogP contribution < -0.4 is 5.73 Å². The van der Waals surface area contributed by atoms with Crippen LogP contribution in [-0.2, 0) is 0 Å². The molecule has 0 saturated carbocycles. The van der Waals surface area contributed by atoms with Crippen molar-refractivity contribution in [3.63, 3.8) is 0 Å². The van der Waals surface area contributed by atoms with Gasteiger partial charge in [-0.05, 0) is 41.8 Å². The Morgan fingerprint density at radius 2 is 1.65 bits per heavy atom. The summed E-state index contributed by atoms with van der Waals surface area (Å²) in [5.74, 6) is 0. The molecule has 0 bridgehead atoms. The second-order valence-corrected chi connectivity index (χ2v) is 5.33. The van der Waals surface area contributed by atoms with Crippen LogP contribution in [0.25, 0.3) is 0 Å². The third kappa shape index (κ3) is 2.89. The first kappa shape index (κ1) is 12.6. The molecule has 0 amide bonds. The Morgan fingerprint density at radius 1 is 1.06 bits per heavy atom. The molecule has 0 heterocycles. The van der Waals surface area contributed by atoms with Crippen molar-refractivity contribution in [3.8, 4) is 0 Å². The van der Waals surface area contributed by atoms with Gasteiger partial charge in [0.2, 0.25) is 0 Å². The number of rotatable bonds is 2. The van der Waals surface area contributed by atoms with Crippen LogP contribution in [0.15, 0.2) is 46.9 Å². The summed E-state index contributed by atoms with van der Waals surface area (Å²) in [4.78, 5) is 0. The van der Waals surface area contributed by atoms with Crippen LogP contribution in [0.2, 0.25) is 5.02 Å². The van der Waals surface area contributed by atoms with Gasteiger partial charge < -0.3 is 5.73 Å². The fourth-order valence-corrected chi connectivity index (χ4v) is 2.10. The second-order valence-electron chi connectivity index (χ2n) is 4.04. The maximum absolute atomic E-state index is 6.23. The largest absolute Gasteiger partial charge is 0.320 e. The summed E-state index contributed by atoms with van der Waals surface area (Å²) in [5, 5.41) is 0.730. The molecule has 1 nitrogen and oxygen atoms in total. The Bertz CT molecular complexity index is 522. The zero-order valence-corrected chi connectivity index (χ0v) is 11.8. The normalized spacial score (nSPS) is 12.5. The summed E-state index contributed by atoms with van der Waals surface area (Å²) < 4.78 is 1.10. The molecule has 0 saturated heterocycles. The minimum absolute atomic E-state index is 0.112. The van der Waals surface area contributed by atoms with E-state index >= 15 is 0 Å². The van der Waals surface area contributed by atoms with Gasteiger partial charge >= 0.3 is 0 Å². The molecule has 2 rings (SSSR count). The van der Waals surface area contributed by atoms with E-state index in [9.17, 15) is 0 Å². The SMILES string of the molecule is Cc1cc(C(N)c2ccc(Cl)cc2)ccc1Br. The fourth-order valence-electron chi connectivity index (χ4n) is 1.72. The molecular formula is C14H13BrClN. The van der Waals surface area contributed by atoms with Gasteiger partial charge in [0.25, 0.3) is 0 Å². The lowest BCUT2D eigenvalue weighted by atomic mass is 9.98. The average Bonchev–Trinajstić information content (AvgIpc) is 2.33. The molecule has 2 aromatic rings. The van der Waals surface area contributed by atoms with Crippen LogP contribution in [-0.4, -0.2) is 0 Å². The third-order valence-electron chi connectivity index (χ3n) is 2.77. The molecule has 2 N–H and O–H groups in total. The molecule has 1 atom stereocenters. The minimum atomic E-state index is -0.112. The molecule has 2 aromatic carbocycles. The van der Waals surface area contributed by atoms with E-state index in [1.54, 1.807) is 0 Å². The van der Waals surface area contributed by atoms with Crippen LogP contribution in [0.3, 0.4) is 0 Å². The first-order chi connectivity index (χ1) is 8.08. The predicted molar refractivity (Wildman–Crippen MR) is 76.4 cm³/mol. The maximum atomic E-state index is 6.23. The van der Waals surface area contributed by atoms with E-state index in [0.29, 0.717) is 0 Å². The summed E-state index contributed by atoms with van der Waals surface area (Å²) in [5.41, 5.74) is 9.58. The topological polar surface area (TPSA) is 26.0 Å². The van der Waals surface area contributed by atoms with Crippen molar-refractivity contribution in [2.45, 2.75) is 13.0 Å².